The molecule has 4 rings (SSSR count). The maximum Gasteiger partial charge on any atom is 0.264 e. The second-order valence-corrected chi connectivity index (χ2v) is 5.95. The number of benzene rings is 1. The summed E-state index contributed by atoms with van der Waals surface area (Å²) in [4.78, 5) is 19.4. The van der Waals surface area contributed by atoms with E-state index in [2.05, 4.69) is 25.6 Å². The molecule has 1 unspecified atom stereocenters. The molecule has 2 aromatic rings. The standard InChI is InChI=1S/C17H20N6O2/c24-16(21-14-4-2-1-3-5-14)17(22-6-8-25-9-7-22)23-15-13(11-20-23)10-18-12-19-15/h1-5,11-12,17H,6-10H2,(H,18,19)(H,21,24). The molecule has 0 spiro atoms. The van der Waals surface area contributed by atoms with Gasteiger partial charge in [-0.25, -0.2) is 4.68 Å². The summed E-state index contributed by atoms with van der Waals surface area (Å²) in [6.07, 6.45) is 2.86. The second-order valence-electron chi connectivity index (χ2n) is 5.95. The topological polar surface area (TPSA) is 83.8 Å². The average molecular weight is 340 g/mol. The summed E-state index contributed by atoms with van der Waals surface area (Å²) < 4.78 is 7.18. The number of aromatic nitrogens is 2. The number of rotatable bonds is 4. The Morgan fingerprint density at radius 3 is 2.84 bits per heavy atom. The third-order valence-electron chi connectivity index (χ3n) is 4.32. The molecule has 8 nitrogen and oxygen atoms in total. The molecule has 0 radical (unpaired) electrons. The van der Waals surface area contributed by atoms with Crippen LogP contribution in [-0.2, 0) is 16.1 Å². The highest BCUT2D eigenvalue weighted by molar-refractivity contribution is 5.94. The molecule has 1 atom stereocenters. The van der Waals surface area contributed by atoms with Crippen LogP contribution in [0.4, 0.5) is 11.5 Å². The lowest BCUT2D eigenvalue weighted by molar-refractivity contribution is -0.127. The van der Waals surface area contributed by atoms with Crippen molar-refractivity contribution in [3.63, 3.8) is 0 Å². The van der Waals surface area contributed by atoms with E-state index in [0.29, 0.717) is 32.8 Å². The van der Waals surface area contributed by atoms with Gasteiger partial charge in [-0.05, 0) is 12.1 Å². The number of fused-ring (bicyclic) bond motifs is 1. The van der Waals surface area contributed by atoms with Crippen LogP contribution in [0.3, 0.4) is 0 Å². The van der Waals surface area contributed by atoms with Gasteiger partial charge in [0.25, 0.3) is 5.91 Å². The summed E-state index contributed by atoms with van der Waals surface area (Å²) >= 11 is 0. The van der Waals surface area contributed by atoms with Crippen LogP contribution in [0.1, 0.15) is 11.7 Å². The molecule has 0 saturated carbocycles. The lowest BCUT2D eigenvalue weighted by Gasteiger charge is -2.34. The highest BCUT2D eigenvalue weighted by atomic mass is 16.5. The number of nitrogens with one attached hydrogen (secondary N) is 2. The molecule has 3 heterocycles. The van der Waals surface area contributed by atoms with Gasteiger partial charge in [0, 0.05) is 24.3 Å². The molecule has 2 aliphatic heterocycles. The number of carbonyl (C=O) groups is 1. The van der Waals surface area contributed by atoms with E-state index in [1.807, 2.05) is 30.3 Å². The molecule has 1 saturated heterocycles. The molecule has 8 heteroatoms. The van der Waals surface area contributed by atoms with Crippen molar-refractivity contribution in [1.29, 1.82) is 0 Å². The number of ether oxygens (including phenoxy) is 1. The van der Waals surface area contributed by atoms with Crippen molar-refractivity contribution < 1.29 is 9.53 Å². The van der Waals surface area contributed by atoms with Crippen molar-refractivity contribution in [1.82, 2.24) is 14.7 Å². The Bertz CT molecular complexity index is 767. The smallest absolute Gasteiger partial charge is 0.264 e. The average Bonchev–Trinajstić information content (AvgIpc) is 3.08. The van der Waals surface area contributed by atoms with Crippen LogP contribution in [-0.4, -0.2) is 53.2 Å². The van der Waals surface area contributed by atoms with Gasteiger partial charge < -0.3 is 15.4 Å². The number of hydrogen-bond donors (Lipinski definition) is 2. The van der Waals surface area contributed by atoms with Crippen LogP contribution < -0.4 is 10.6 Å². The number of hydrogen-bond acceptors (Lipinski definition) is 6. The number of nitrogens with zero attached hydrogens (tertiary/aromatic N) is 4. The molecule has 2 N–H and O–H groups in total. The van der Waals surface area contributed by atoms with Crippen LogP contribution in [0.5, 0.6) is 0 Å². The lowest BCUT2D eigenvalue weighted by atomic mass is 10.2. The minimum Gasteiger partial charge on any atom is -0.379 e. The monoisotopic (exact) mass is 340 g/mol. The Kier molecular flexibility index (Phi) is 4.45. The van der Waals surface area contributed by atoms with E-state index in [0.717, 1.165) is 17.1 Å². The lowest BCUT2D eigenvalue weighted by Crippen LogP contribution is -2.47. The number of anilines is 2. The predicted molar refractivity (Wildman–Crippen MR) is 94.5 cm³/mol. The fourth-order valence-corrected chi connectivity index (χ4v) is 3.09. The fraction of sp³-hybridized carbons (Fsp3) is 0.353. The molecule has 0 bridgehead atoms. The highest BCUT2D eigenvalue weighted by Crippen LogP contribution is 2.26. The van der Waals surface area contributed by atoms with E-state index in [9.17, 15) is 4.79 Å². The van der Waals surface area contributed by atoms with Crippen LogP contribution in [0.2, 0.25) is 0 Å². The van der Waals surface area contributed by atoms with Crippen molar-refractivity contribution >= 4 is 23.8 Å². The van der Waals surface area contributed by atoms with E-state index in [-0.39, 0.29) is 5.91 Å². The van der Waals surface area contributed by atoms with E-state index < -0.39 is 6.17 Å². The van der Waals surface area contributed by atoms with Crippen molar-refractivity contribution in [2.24, 2.45) is 4.99 Å². The summed E-state index contributed by atoms with van der Waals surface area (Å²) in [6, 6.07) is 9.46. The Morgan fingerprint density at radius 2 is 2.04 bits per heavy atom. The van der Waals surface area contributed by atoms with Crippen molar-refractivity contribution in [2.75, 3.05) is 36.9 Å². The Balaban J connectivity index is 1.64. The van der Waals surface area contributed by atoms with Gasteiger partial charge in [0.15, 0.2) is 6.17 Å². The zero-order chi connectivity index (χ0) is 17.1. The van der Waals surface area contributed by atoms with Gasteiger partial charge in [0.2, 0.25) is 0 Å². The quantitative estimate of drug-likeness (QED) is 0.877. The van der Waals surface area contributed by atoms with Gasteiger partial charge in [0.1, 0.15) is 5.82 Å². The zero-order valence-corrected chi connectivity index (χ0v) is 13.8. The molecule has 0 aliphatic carbocycles. The Hall–Kier alpha value is -2.71. The highest BCUT2D eigenvalue weighted by Gasteiger charge is 2.32. The first kappa shape index (κ1) is 15.8. The van der Waals surface area contributed by atoms with Crippen LogP contribution in [0.15, 0.2) is 41.5 Å². The molecular weight excluding hydrogens is 320 g/mol. The van der Waals surface area contributed by atoms with Gasteiger partial charge in [-0.1, -0.05) is 18.2 Å². The fourth-order valence-electron chi connectivity index (χ4n) is 3.09. The first-order valence-electron chi connectivity index (χ1n) is 8.32. The summed E-state index contributed by atoms with van der Waals surface area (Å²) in [5.41, 5.74) is 1.74. The largest absolute Gasteiger partial charge is 0.379 e. The first-order valence-corrected chi connectivity index (χ1v) is 8.32. The van der Waals surface area contributed by atoms with Gasteiger partial charge in [0.05, 0.1) is 32.3 Å². The Labute approximate surface area is 145 Å². The molecule has 1 aromatic heterocycles. The van der Waals surface area contributed by atoms with Crippen molar-refractivity contribution in [3.8, 4) is 0 Å². The third-order valence-corrected chi connectivity index (χ3v) is 4.32. The van der Waals surface area contributed by atoms with Crippen molar-refractivity contribution in [3.05, 3.63) is 42.1 Å². The molecule has 1 amide bonds. The van der Waals surface area contributed by atoms with E-state index >= 15 is 0 Å². The summed E-state index contributed by atoms with van der Waals surface area (Å²) in [6.45, 7) is 3.13. The SMILES string of the molecule is O=C(Nc1ccccc1)C(N1CCOCC1)n1ncc2c1NC=NC2. The molecular formula is C17H20N6O2. The number of amides is 1. The molecule has 1 aromatic carbocycles. The normalized spacial score (nSPS) is 18.2. The Morgan fingerprint density at radius 1 is 1.24 bits per heavy atom. The number of morpholine rings is 1. The van der Waals surface area contributed by atoms with Gasteiger partial charge >= 0.3 is 0 Å². The summed E-state index contributed by atoms with van der Waals surface area (Å²) in [7, 11) is 0. The maximum absolute atomic E-state index is 13.1. The number of carbonyl (C=O) groups excluding carboxylic acids is 1. The molecule has 130 valence electrons. The molecule has 1 fully saturated rings. The van der Waals surface area contributed by atoms with Gasteiger partial charge in [-0.15, -0.1) is 0 Å². The third kappa shape index (κ3) is 3.26. The van der Waals surface area contributed by atoms with Gasteiger partial charge in [-0.2, -0.15) is 5.10 Å². The maximum atomic E-state index is 13.1. The number of aliphatic imine (C=N–C) groups is 1. The molecule has 25 heavy (non-hydrogen) atoms. The first-order chi connectivity index (χ1) is 12.3. The van der Waals surface area contributed by atoms with E-state index in [1.165, 1.54) is 0 Å². The van der Waals surface area contributed by atoms with Crippen LogP contribution in [0, 0.1) is 0 Å². The minimum absolute atomic E-state index is 0.122. The summed E-state index contributed by atoms with van der Waals surface area (Å²) in [5, 5.41) is 10.6. The zero-order valence-electron chi connectivity index (χ0n) is 13.8. The van der Waals surface area contributed by atoms with E-state index in [4.69, 9.17) is 4.74 Å². The second kappa shape index (κ2) is 7.04. The van der Waals surface area contributed by atoms with Crippen molar-refractivity contribution in [2.45, 2.75) is 12.7 Å². The predicted octanol–water partition coefficient (Wildman–Crippen LogP) is 1.31. The minimum atomic E-state index is -0.549. The van der Waals surface area contributed by atoms with Gasteiger partial charge in [-0.3, -0.25) is 14.7 Å². The van der Waals surface area contributed by atoms with Crippen LogP contribution in [0.25, 0.3) is 0 Å². The van der Waals surface area contributed by atoms with Crippen LogP contribution >= 0.6 is 0 Å². The van der Waals surface area contributed by atoms with E-state index in [1.54, 1.807) is 17.2 Å². The number of para-hydroxylation sites is 1. The summed E-state index contributed by atoms with van der Waals surface area (Å²) in [5.74, 6) is 0.693. The molecule has 2 aliphatic rings.